The summed E-state index contributed by atoms with van der Waals surface area (Å²) in [6.45, 7) is 0. The molecule has 0 fully saturated rings. The molecule has 0 amide bonds. The molecular formula is C63H39N5O. The number of hydrogen-bond donors (Lipinski definition) is 0. The Kier molecular flexibility index (Phi) is 8.79. The van der Waals surface area contributed by atoms with Crippen LogP contribution in [0.4, 0.5) is 0 Å². The molecule has 0 bridgehead atoms. The van der Waals surface area contributed by atoms with E-state index in [0.29, 0.717) is 17.5 Å². The Labute approximate surface area is 396 Å². The van der Waals surface area contributed by atoms with Gasteiger partial charge in [0.25, 0.3) is 0 Å². The molecule has 0 unspecified atom stereocenters. The van der Waals surface area contributed by atoms with Crippen LogP contribution in [0.25, 0.3) is 133 Å². The predicted molar refractivity (Wildman–Crippen MR) is 283 cm³/mol. The highest BCUT2D eigenvalue weighted by Gasteiger charge is 2.25. The standard InChI is InChI=1S/C63H39N5O/c1-4-20-40(21-5-1)43-26-10-12-30-51(43)61-64-62(52-31-13-11-27-44(52)41-22-6-2-7-23-41)66-63(65-61)53-32-16-19-35-56(53)68-55-34-18-15-29-46(55)48-37-39-50-49-38-36-47-45-28-14-17-33-54(45)67(42-24-8-3-9-25-42)57(47)59(49)69-60(50)58(48)68/h1-39H. The third kappa shape index (κ3) is 6.09. The molecule has 14 rings (SSSR count). The molecule has 0 radical (unpaired) electrons. The van der Waals surface area contributed by atoms with Crippen LogP contribution in [-0.4, -0.2) is 24.1 Å². The van der Waals surface area contributed by atoms with Gasteiger partial charge >= 0.3 is 0 Å². The van der Waals surface area contributed by atoms with E-state index in [-0.39, 0.29) is 0 Å². The maximum atomic E-state index is 7.39. The number of nitrogens with zero attached hydrogens (tertiary/aromatic N) is 5. The first-order valence-electron chi connectivity index (χ1n) is 23.3. The summed E-state index contributed by atoms with van der Waals surface area (Å²) in [5.74, 6) is 1.74. The summed E-state index contributed by atoms with van der Waals surface area (Å²) in [7, 11) is 0. The zero-order valence-electron chi connectivity index (χ0n) is 37.2. The Balaban J connectivity index is 1.06. The van der Waals surface area contributed by atoms with E-state index in [0.717, 1.165) is 110 Å². The van der Waals surface area contributed by atoms with Crippen LogP contribution in [0.2, 0.25) is 0 Å². The lowest BCUT2D eigenvalue weighted by atomic mass is 9.98. The summed E-state index contributed by atoms with van der Waals surface area (Å²) in [6.07, 6.45) is 0. The van der Waals surface area contributed by atoms with Crippen molar-refractivity contribution in [1.29, 1.82) is 0 Å². The van der Waals surface area contributed by atoms with Gasteiger partial charge in [0.1, 0.15) is 0 Å². The van der Waals surface area contributed by atoms with Crippen LogP contribution >= 0.6 is 0 Å². The Morgan fingerprint density at radius 1 is 0.275 bits per heavy atom. The molecule has 0 atom stereocenters. The minimum absolute atomic E-state index is 0.563. The first-order chi connectivity index (χ1) is 34.3. The Morgan fingerprint density at radius 3 is 1.19 bits per heavy atom. The Bertz CT molecular complexity index is 4200. The van der Waals surface area contributed by atoms with Gasteiger partial charge in [0.15, 0.2) is 28.6 Å². The summed E-state index contributed by atoms with van der Waals surface area (Å²) in [5, 5.41) is 6.65. The van der Waals surface area contributed by atoms with E-state index in [1.807, 2.05) is 12.1 Å². The quantitative estimate of drug-likeness (QED) is 0.160. The zero-order chi connectivity index (χ0) is 45.4. The number of hydrogen-bond acceptors (Lipinski definition) is 4. The summed E-state index contributed by atoms with van der Waals surface area (Å²) in [5.41, 5.74) is 14.8. The number of benzene rings is 10. The van der Waals surface area contributed by atoms with Gasteiger partial charge in [-0.3, -0.25) is 0 Å². The van der Waals surface area contributed by atoms with Gasteiger partial charge < -0.3 is 13.6 Å². The van der Waals surface area contributed by atoms with E-state index >= 15 is 0 Å². The van der Waals surface area contributed by atoms with Crippen LogP contribution < -0.4 is 0 Å². The van der Waals surface area contributed by atoms with Crippen LogP contribution in [0, 0.1) is 0 Å². The summed E-state index contributed by atoms with van der Waals surface area (Å²) in [6, 6.07) is 82.9. The maximum Gasteiger partial charge on any atom is 0.166 e. The highest BCUT2D eigenvalue weighted by molar-refractivity contribution is 6.26. The van der Waals surface area contributed by atoms with Crippen LogP contribution in [0.15, 0.2) is 241 Å². The topological polar surface area (TPSA) is 61.7 Å². The van der Waals surface area contributed by atoms with Crippen molar-refractivity contribution in [2.45, 2.75) is 0 Å². The molecule has 0 N–H and O–H groups in total. The van der Waals surface area contributed by atoms with E-state index in [2.05, 4.69) is 234 Å². The average Bonchev–Trinajstić information content (AvgIpc) is 4.10. The first-order valence-corrected chi connectivity index (χ1v) is 23.3. The fourth-order valence-corrected chi connectivity index (χ4v) is 10.6. The lowest BCUT2D eigenvalue weighted by molar-refractivity contribution is 0.673. The van der Waals surface area contributed by atoms with Crippen molar-refractivity contribution < 1.29 is 4.42 Å². The molecule has 4 heterocycles. The Morgan fingerprint density at radius 2 is 0.652 bits per heavy atom. The van der Waals surface area contributed by atoms with Gasteiger partial charge in [-0.1, -0.05) is 188 Å². The largest absolute Gasteiger partial charge is 0.452 e. The second kappa shape index (κ2) is 15.6. The van der Waals surface area contributed by atoms with Gasteiger partial charge in [-0.25, -0.2) is 15.0 Å². The van der Waals surface area contributed by atoms with Gasteiger partial charge in [-0.15, -0.1) is 0 Å². The van der Waals surface area contributed by atoms with Crippen LogP contribution in [0.1, 0.15) is 0 Å². The number of rotatable bonds is 7. The van der Waals surface area contributed by atoms with Gasteiger partial charge in [0.2, 0.25) is 0 Å². The van der Waals surface area contributed by atoms with Crippen molar-refractivity contribution in [2.75, 3.05) is 0 Å². The van der Waals surface area contributed by atoms with E-state index in [9.17, 15) is 0 Å². The highest BCUT2D eigenvalue weighted by Crippen LogP contribution is 2.45. The molecule has 6 nitrogen and oxygen atoms in total. The number of fused-ring (bicyclic) bond motifs is 11. The fourth-order valence-electron chi connectivity index (χ4n) is 10.6. The lowest BCUT2D eigenvalue weighted by Crippen LogP contribution is -2.04. The van der Waals surface area contributed by atoms with Crippen molar-refractivity contribution in [3.63, 3.8) is 0 Å². The predicted octanol–water partition coefficient (Wildman–Crippen LogP) is 16.3. The van der Waals surface area contributed by atoms with Crippen molar-refractivity contribution in [1.82, 2.24) is 24.1 Å². The second-order valence-electron chi connectivity index (χ2n) is 17.5. The SMILES string of the molecule is c1ccc(-c2ccccc2-c2nc(-c3ccccc3-c3ccccc3)nc(-c3ccccc3-n3c4ccccc4c4ccc5c6ccc7c8ccccc8n(-c8ccccc8)c7c6oc5c43)n2)cc1. The zero-order valence-corrected chi connectivity index (χ0v) is 37.2. The monoisotopic (exact) mass is 881 g/mol. The molecule has 4 aromatic heterocycles. The minimum atomic E-state index is 0.563. The molecule has 14 aromatic rings. The molecule has 0 spiro atoms. The molecule has 0 aliphatic heterocycles. The molecule has 69 heavy (non-hydrogen) atoms. The molecule has 0 aliphatic carbocycles. The molecular weight excluding hydrogens is 843 g/mol. The smallest absolute Gasteiger partial charge is 0.166 e. The van der Waals surface area contributed by atoms with E-state index in [1.54, 1.807) is 0 Å². The maximum absolute atomic E-state index is 7.39. The third-order valence-corrected chi connectivity index (χ3v) is 13.6. The van der Waals surface area contributed by atoms with Gasteiger partial charge in [0.05, 0.1) is 27.8 Å². The normalized spacial score (nSPS) is 11.8. The van der Waals surface area contributed by atoms with Crippen molar-refractivity contribution in [3.05, 3.63) is 237 Å². The number of para-hydroxylation sites is 4. The van der Waals surface area contributed by atoms with Gasteiger partial charge in [-0.2, -0.15) is 0 Å². The van der Waals surface area contributed by atoms with Crippen molar-refractivity contribution in [3.8, 4) is 67.8 Å². The summed E-state index contributed by atoms with van der Waals surface area (Å²) < 4.78 is 12.1. The molecule has 322 valence electrons. The minimum Gasteiger partial charge on any atom is -0.452 e. The molecule has 0 saturated heterocycles. The first kappa shape index (κ1) is 38.8. The van der Waals surface area contributed by atoms with E-state index in [4.69, 9.17) is 19.4 Å². The van der Waals surface area contributed by atoms with Crippen molar-refractivity contribution >= 4 is 65.6 Å². The lowest BCUT2D eigenvalue weighted by Gasteiger charge is -2.16. The Hall–Kier alpha value is -9.39. The fraction of sp³-hybridized carbons (Fsp3) is 0. The van der Waals surface area contributed by atoms with Gasteiger partial charge in [0, 0.05) is 54.7 Å². The van der Waals surface area contributed by atoms with E-state index in [1.165, 1.54) is 5.39 Å². The van der Waals surface area contributed by atoms with Crippen molar-refractivity contribution in [2.24, 2.45) is 0 Å². The summed E-state index contributed by atoms with van der Waals surface area (Å²) in [4.78, 5) is 16.2. The molecule has 6 heteroatoms. The number of furan rings is 1. The van der Waals surface area contributed by atoms with Crippen LogP contribution in [-0.2, 0) is 0 Å². The molecule has 10 aromatic carbocycles. The third-order valence-electron chi connectivity index (χ3n) is 13.6. The number of aromatic nitrogens is 5. The average molecular weight is 882 g/mol. The van der Waals surface area contributed by atoms with Crippen LogP contribution in [0.3, 0.4) is 0 Å². The molecule has 0 aliphatic rings. The second-order valence-corrected chi connectivity index (χ2v) is 17.5. The molecule has 0 saturated carbocycles. The summed E-state index contributed by atoms with van der Waals surface area (Å²) >= 11 is 0. The highest BCUT2D eigenvalue weighted by atomic mass is 16.3. The van der Waals surface area contributed by atoms with E-state index < -0.39 is 0 Å². The van der Waals surface area contributed by atoms with Crippen LogP contribution in [0.5, 0.6) is 0 Å². The van der Waals surface area contributed by atoms with Gasteiger partial charge in [-0.05, 0) is 70.8 Å².